The summed E-state index contributed by atoms with van der Waals surface area (Å²) in [6.07, 6.45) is 3.51. The quantitative estimate of drug-likeness (QED) is 0.859. The summed E-state index contributed by atoms with van der Waals surface area (Å²) in [4.78, 5) is 20.4. The third kappa shape index (κ3) is 3.72. The normalized spacial score (nSPS) is 20.5. The van der Waals surface area contributed by atoms with E-state index in [1.54, 1.807) is 0 Å². The zero-order valence-corrected chi connectivity index (χ0v) is 13.8. The Labute approximate surface area is 136 Å². The maximum Gasteiger partial charge on any atom is 0.223 e. The highest BCUT2D eigenvalue weighted by atomic mass is 16.5. The van der Waals surface area contributed by atoms with Crippen molar-refractivity contribution >= 4 is 16.9 Å². The van der Waals surface area contributed by atoms with Crippen molar-refractivity contribution in [3.63, 3.8) is 0 Å². The molecule has 2 N–H and O–H groups in total. The number of imidazole rings is 1. The van der Waals surface area contributed by atoms with Gasteiger partial charge in [0, 0.05) is 6.61 Å². The summed E-state index contributed by atoms with van der Waals surface area (Å²) < 4.78 is 5.56. The monoisotopic (exact) mass is 315 g/mol. The molecular formula is C18H25N3O2. The molecule has 0 aliphatic carbocycles. The van der Waals surface area contributed by atoms with Crippen molar-refractivity contribution in [3.05, 3.63) is 30.1 Å². The number of hydrogen-bond donors (Lipinski definition) is 2. The molecular weight excluding hydrogens is 290 g/mol. The highest BCUT2D eigenvalue weighted by molar-refractivity contribution is 5.78. The van der Waals surface area contributed by atoms with E-state index in [2.05, 4.69) is 29.1 Å². The number of nitrogens with one attached hydrogen (secondary N) is 2. The molecule has 1 aromatic heterocycles. The van der Waals surface area contributed by atoms with Gasteiger partial charge >= 0.3 is 0 Å². The van der Waals surface area contributed by atoms with Crippen molar-refractivity contribution in [2.45, 2.75) is 51.7 Å². The maximum absolute atomic E-state index is 12.4. The van der Waals surface area contributed by atoms with E-state index >= 15 is 0 Å². The van der Waals surface area contributed by atoms with E-state index in [-0.39, 0.29) is 18.1 Å². The van der Waals surface area contributed by atoms with Crippen LogP contribution in [0.4, 0.5) is 0 Å². The summed E-state index contributed by atoms with van der Waals surface area (Å²) >= 11 is 0. The molecule has 2 heterocycles. The van der Waals surface area contributed by atoms with Gasteiger partial charge in [-0.2, -0.15) is 0 Å². The highest BCUT2D eigenvalue weighted by Gasteiger charge is 2.26. The summed E-state index contributed by atoms with van der Waals surface area (Å²) in [5.74, 6) is 1.19. The number of carbonyl (C=O) groups is 1. The number of H-pyrrole nitrogens is 1. The van der Waals surface area contributed by atoms with Crippen LogP contribution in [0.1, 0.15) is 51.4 Å². The van der Waals surface area contributed by atoms with Crippen LogP contribution in [0, 0.1) is 5.92 Å². The largest absolute Gasteiger partial charge is 0.378 e. The lowest BCUT2D eigenvalue weighted by atomic mass is 9.98. The van der Waals surface area contributed by atoms with Crippen molar-refractivity contribution in [3.8, 4) is 0 Å². The molecule has 0 radical (unpaired) electrons. The van der Waals surface area contributed by atoms with E-state index in [4.69, 9.17) is 4.74 Å². The van der Waals surface area contributed by atoms with Crippen LogP contribution in [-0.2, 0) is 9.53 Å². The minimum atomic E-state index is -0.0960. The second-order valence-corrected chi connectivity index (χ2v) is 6.41. The van der Waals surface area contributed by atoms with Crippen LogP contribution < -0.4 is 5.32 Å². The lowest BCUT2D eigenvalue weighted by Crippen LogP contribution is -2.35. The molecule has 1 fully saturated rings. The Morgan fingerprint density at radius 2 is 2.30 bits per heavy atom. The van der Waals surface area contributed by atoms with E-state index in [0.29, 0.717) is 12.3 Å². The number of para-hydroxylation sites is 2. The number of ether oxygens (including phenoxy) is 1. The zero-order chi connectivity index (χ0) is 16.2. The fraction of sp³-hybridized carbons (Fsp3) is 0.556. The number of carbonyl (C=O) groups excluding carboxylic acids is 1. The first-order valence-electron chi connectivity index (χ1n) is 8.53. The fourth-order valence-corrected chi connectivity index (χ4v) is 3.08. The molecule has 0 bridgehead atoms. The zero-order valence-electron chi connectivity index (χ0n) is 13.8. The van der Waals surface area contributed by atoms with Crippen LogP contribution in [0.2, 0.25) is 0 Å². The van der Waals surface area contributed by atoms with E-state index in [1.165, 1.54) is 0 Å². The Hall–Kier alpha value is -1.88. The minimum Gasteiger partial charge on any atom is -0.378 e. The van der Waals surface area contributed by atoms with Gasteiger partial charge in [0.25, 0.3) is 0 Å². The molecule has 1 aliphatic rings. The third-order valence-corrected chi connectivity index (χ3v) is 4.67. The number of aromatic amines is 1. The summed E-state index contributed by atoms with van der Waals surface area (Å²) in [5, 5.41) is 3.16. The minimum absolute atomic E-state index is 0.0441. The molecule has 1 aromatic carbocycles. The maximum atomic E-state index is 12.4. The van der Waals surface area contributed by atoms with Gasteiger partial charge < -0.3 is 15.0 Å². The number of hydrogen-bond acceptors (Lipinski definition) is 3. The van der Waals surface area contributed by atoms with Gasteiger partial charge in [-0.05, 0) is 30.9 Å². The molecule has 1 aliphatic heterocycles. The molecule has 23 heavy (non-hydrogen) atoms. The van der Waals surface area contributed by atoms with Crippen molar-refractivity contribution < 1.29 is 9.53 Å². The van der Waals surface area contributed by atoms with Crippen molar-refractivity contribution in [2.24, 2.45) is 5.92 Å². The Morgan fingerprint density at radius 1 is 1.48 bits per heavy atom. The van der Waals surface area contributed by atoms with Gasteiger partial charge in [0.1, 0.15) is 5.82 Å². The standard InChI is InChI=1S/C18H25N3O2/c1-3-12(2)17(21-16(22)11-13-7-6-10-23-13)18-19-14-8-4-5-9-15(14)20-18/h4-5,8-9,12-13,17H,3,6-7,10-11H2,1-2H3,(H,19,20)(H,21,22). The van der Waals surface area contributed by atoms with Crippen molar-refractivity contribution in [2.75, 3.05) is 6.61 Å². The summed E-state index contributed by atoms with van der Waals surface area (Å²) in [6, 6.07) is 7.85. The average molecular weight is 315 g/mol. The molecule has 5 nitrogen and oxygen atoms in total. The lowest BCUT2D eigenvalue weighted by Gasteiger charge is -2.23. The van der Waals surface area contributed by atoms with E-state index in [9.17, 15) is 4.79 Å². The van der Waals surface area contributed by atoms with E-state index < -0.39 is 0 Å². The first-order valence-corrected chi connectivity index (χ1v) is 8.53. The third-order valence-electron chi connectivity index (χ3n) is 4.67. The predicted octanol–water partition coefficient (Wildman–Crippen LogP) is 3.34. The topological polar surface area (TPSA) is 67.0 Å². The van der Waals surface area contributed by atoms with Gasteiger partial charge in [0.2, 0.25) is 5.91 Å². The molecule has 3 unspecified atom stereocenters. The summed E-state index contributed by atoms with van der Waals surface area (Å²) in [5.41, 5.74) is 1.94. The smallest absolute Gasteiger partial charge is 0.223 e. The van der Waals surface area contributed by atoms with E-state index in [0.717, 1.165) is 42.7 Å². The molecule has 5 heteroatoms. The molecule has 0 spiro atoms. The van der Waals surface area contributed by atoms with Gasteiger partial charge in [-0.1, -0.05) is 32.4 Å². The fourth-order valence-electron chi connectivity index (χ4n) is 3.08. The van der Waals surface area contributed by atoms with Gasteiger partial charge in [0.05, 0.1) is 29.6 Å². The van der Waals surface area contributed by atoms with Crippen LogP contribution in [0.15, 0.2) is 24.3 Å². The number of aromatic nitrogens is 2. The molecule has 3 atom stereocenters. The molecule has 1 saturated heterocycles. The second-order valence-electron chi connectivity index (χ2n) is 6.41. The van der Waals surface area contributed by atoms with Crippen LogP contribution >= 0.6 is 0 Å². The van der Waals surface area contributed by atoms with Gasteiger partial charge in [0.15, 0.2) is 0 Å². The molecule has 2 aromatic rings. The van der Waals surface area contributed by atoms with Crippen molar-refractivity contribution in [1.82, 2.24) is 15.3 Å². The second kappa shape index (κ2) is 7.13. The van der Waals surface area contributed by atoms with Crippen LogP contribution in [-0.4, -0.2) is 28.6 Å². The van der Waals surface area contributed by atoms with Gasteiger partial charge in [-0.25, -0.2) is 4.98 Å². The van der Waals surface area contributed by atoms with Gasteiger partial charge in [-0.15, -0.1) is 0 Å². The predicted molar refractivity (Wildman–Crippen MR) is 90.0 cm³/mol. The van der Waals surface area contributed by atoms with E-state index in [1.807, 2.05) is 24.3 Å². The summed E-state index contributed by atoms with van der Waals surface area (Å²) in [6.45, 7) is 5.05. The number of nitrogens with zero attached hydrogens (tertiary/aromatic N) is 1. The van der Waals surface area contributed by atoms with Crippen LogP contribution in [0.5, 0.6) is 0 Å². The number of benzene rings is 1. The lowest BCUT2D eigenvalue weighted by molar-refractivity contribution is -0.124. The molecule has 0 saturated carbocycles. The Morgan fingerprint density at radius 3 is 3.00 bits per heavy atom. The Kier molecular flexibility index (Phi) is 4.96. The Bertz CT molecular complexity index is 628. The van der Waals surface area contributed by atoms with Gasteiger partial charge in [-0.3, -0.25) is 4.79 Å². The molecule has 1 amide bonds. The Balaban J connectivity index is 1.75. The number of fused-ring (bicyclic) bond motifs is 1. The van der Waals surface area contributed by atoms with Crippen molar-refractivity contribution in [1.29, 1.82) is 0 Å². The summed E-state index contributed by atoms with van der Waals surface area (Å²) in [7, 11) is 0. The van der Waals surface area contributed by atoms with Crippen LogP contribution in [0.25, 0.3) is 11.0 Å². The first kappa shape index (κ1) is 16.0. The highest BCUT2D eigenvalue weighted by Crippen LogP contribution is 2.25. The number of rotatable bonds is 6. The molecule has 124 valence electrons. The SMILES string of the molecule is CCC(C)C(NC(=O)CC1CCCO1)c1nc2ccccc2[nH]1. The van der Waals surface area contributed by atoms with Crippen LogP contribution in [0.3, 0.4) is 0 Å². The molecule has 3 rings (SSSR count). The number of amides is 1. The average Bonchev–Trinajstić information content (AvgIpc) is 3.20. The first-order chi connectivity index (χ1) is 11.2.